The molecule has 36 heavy (non-hydrogen) atoms. The number of ether oxygens (including phenoxy) is 1. The van der Waals surface area contributed by atoms with Gasteiger partial charge in [0.15, 0.2) is 5.78 Å². The van der Waals surface area contributed by atoms with Crippen LogP contribution < -0.4 is 15.9 Å². The van der Waals surface area contributed by atoms with Gasteiger partial charge in [0.05, 0.1) is 19.1 Å². The summed E-state index contributed by atoms with van der Waals surface area (Å²) in [7, 11) is 1.30. The zero-order chi connectivity index (χ0) is 25.5. The molecule has 0 radical (unpaired) electrons. The first-order valence-corrected chi connectivity index (χ1v) is 13.6. The van der Waals surface area contributed by atoms with Gasteiger partial charge in [-0.3, -0.25) is 4.79 Å². The number of carbonyl (C=O) groups excluding carboxylic acids is 2. The number of rotatable bonds is 8. The molecule has 2 unspecified atom stereocenters. The smallest absolute Gasteiger partial charge is 0.342 e. The lowest BCUT2D eigenvalue weighted by atomic mass is 9.92. The number of benzene rings is 4. The van der Waals surface area contributed by atoms with Crippen LogP contribution in [0.4, 0.5) is 0 Å². The Morgan fingerprint density at radius 3 is 1.39 bits per heavy atom. The molecule has 0 heterocycles. The Labute approximate surface area is 212 Å². The van der Waals surface area contributed by atoms with E-state index in [1.165, 1.54) is 7.11 Å². The number of Topliss-reactive ketones (excluding diaryl/α,β-unsaturated/α-hetero) is 1. The average molecular weight is 497 g/mol. The highest BCUT2D eigenvalue weighted by atomic mass is 31.2. The Morgan fingerprint density at radius 2 is 1.03 bits per heavy atom. The second-order valence-corrected chi connectivity index (χ2v) is 11.9. The molecule has 4 nitrogen and oxygen atoms in total. The monoisotopic (exact) mass is 496 g/mol. The number of aliphatic hydroxyl groups excluding tert-OH is 1. The molecule has 1 N–H and O–H groups in total. The van der Waals surface area contributed by atoms with Crippen molar-refractivity contribution in [3.63, 3.8) is 0 Å². The Bertz CT molecular complexity index is 1260. The third-order valence-corrected chi connectivity index (χ3v) is 10.7. The molecule has 0 saturated heterocycles. The lowest BCUT2D eigenvalue weighted by Gasteiger charge is -2.32. The van der Waals surface area contributed by atoms with Crippen molar-refractivity contribution >= 4 is 39.8 Å². The van der Waals surface area contributed by atoms with Gasteiger partial charge in [0.1, 0.15) is 5.29 Å². The van der Waals surface area contributed by atoms with Crippen LogP contribution in [0.2, 0.25) is 0 Å². The number of hydrogen-bond acceptors (Lipinski definition) is 4. The number of methoxy groups -OCH3 is 1. The molecule has 0 amide bonds. The minimum absolute atomic E-state index is 0.0658. The number of carbonyl (C=O) groups is 2. The van der Waals surface area contributed by atoms with Gasteiger partial charge in [-0.15, -0.1) is 0 Å². The molecular weight excluding hydrogens is 467 g/mol. The SMILES string of the molecule is COC(=O)C(C(=O)C(C)C(O)c1ccccc1)=P(c1ccccc1)(c1ccccc1)c1ccccc1. The maximum atomic E-state index is 14.4. The fourth-order valence-electron chi connectivity index (χ4n) is 4.59. The maximum Gasteiger partial charge on any atom is 0.342 e. The van der Waals surface area contributed by atoms with Gasteiger partial charge >= 0.3 is 5.97 Å². The fraction of sp³-hybridized carbons (Fsp3) is 0.129. The first kappa shape index (κ1) is 25.4. The first-order chi connectivity index (χ1) is 17.5. The van der Waals surface area contributed by atoms with Crippen LogP contribution in [0.25, 0.3) is 0 Å². The van der Waals surface area contributed by atoms with E-state index in [1.54, 1.807) is 19.1 Å². The third-order valence-electron chi connectivity index (χ3n) is 6.41. The van der Waals surface area contributed by atoms with Gasteiger partial charge < -0.3 is 9.84 Å². The number of hydrogen-bond donors (Lipinski definition) is 1. The summed E-state index contributed by atoms with van der Waals surface area (Å²) in [6.45, 7) is -1.33. The van der Waals surface area contributed by atoms with Gasteiger partial charge in [-0.1, -0.05) is 128 Å². The van der Waals surface area contributed by atoms with Crippen molar-refractivity contribution in [1.29, 1.82) is 0 Å². The van der Waals surface area contributed by atoms with Crippen LogP contribution in [0.3, 0.4) is 0 Å². The van der Waals surface area contributed by atoms with Crippen LogP contribution in [0, 0.1) is 5.92 Å². The van der Waals surface area contributed by atoms with Crippen molar-refractivity contribution < 1.29 is 19.4 Å². The van der Waals surface area contributed by atoms with Gasteiger partial charge in [-0.2, -0.15) is 0 Å². The molecule has 182 valence electrons. The standard InChI is InChI=1S/C31H29O4P/c1-23(28(32)24-15-7-3-8-16-24)29(33)30(31(34)35-2)36(25-17-9-4-10-18-25,26-19-11-5-12-20-26)27-21-13-6-14-22-27/h3-23,28,32H,1-2H3. The molecule has 0 spiro atoms. The summed E-state index contributed by atoms with van der Waals surface area (Å²) in [4.78, 5) is 28.0. The molecule has 0 aliphatic carbocycles. The van der Waals surface area contributed by atoms with Crippen molar-refractivity contribution in [3.8, 4) is 0 Å². The molecule has 4 rings (SSSR count). The van der Waals surface area contributed by atoms with E-state index in [1.807, 2.05) is 109 Å². The quantitative estimate of drug-likeness (QED) is 0.225. The lowest BCUT2D eigenvalue weighted by molar-refractivity contribution is -0.133. The summed E-state index contributed by atoms with van der Waals surface area (Å²) < 4.78 is 5.29. The van der Waals surface area contributed by atoms with E-state index in [0.717, 1.165) is 15.9 Å². The van der Waals surface area contributed by atoms with Crippen molar-refractivity contribution in [2.45, 2.75) is 13.0 Å². The van der Waals surface area contributed by atoms with Gasteiger partial charge in [0, 0.05) is 0 Å². The zero-order valence-corrected chi connectivity index (χ0v) is 21.2. The highest BCUT2D eigenvalue weighted by molar-refractivity contribution is 7.97. The molecule has 4 aromatic carbocycles. The topological polar surface area (TPSA) is 63.6 Å². The van der Waals surface area contributed by atoms with E-state index in [2.05, 4.69) is 0 Å². The second-order valence-electron chi connectivity index (χ2n) is 8.53. The highest BCUT2D eigenvalue weighted by Crippen LogP contribution is 2.47. The Hall–Kier alpha value is -3.72. The minimum atomic E-state index is -3.00. The van der Waals surface area contributed by atoms with E-state index in [0.29, 0.717) is 5.56 Å². The van der Waals surface area contributed by atoms with Crippen LogP contribution in [0.15, 0.2) is 121 Å². The van der Waals surface area contributed by atoms with Crippen LogP contribution in [-0.2, 0) is 14.3 Å². The van der Waals surface area contributed by atoms with Crippen LogP contribution in [0.1, 0.15) is 18.6 Å². The summed E-state index contributed by atoms with van der Waals surface area (Å²) >= 11 is 0. The summed E-state index contributed by atoms with van der Waals surface area (Å²) in [6.07, 6.45) is -1.08. The predicted octanol–water partition coefficient (Wildman–Crippen LogP) is 4.26. The number of aliphatic hydroxyl groups is 1. The van der Waals surface area contributed by atoms with Gasteiger partial charge in [0.25, 0.3) is 0 Å². The molecule has 0 bridgehead atoms. The molecule has 0 aliphatic rings. The summed E-state index contributed by atoms with van der Waals surface area (Å²) in [5.41, 5.74) is 0.616. The summed E-state index contributed by atoms with van der Waals surface area (Å²) in [5.74, 6) is -1.99. The average Bonchev–Trinajstić information content (AvgIpc) is 2.96. The van der Waals surface area contributed by atoms with Crippen molar-refractivity contribution in [2.75, 3.05) is 7.11 Å². The Balaban J connectivity index is 2.13. The van der Waals surface area contributed by atoms with Crippen LogP contribution >= 0.6 is 6.89 Å². The molecule has 2 atom stereocenters. The zero-order valence-electron chi connectivity index (χ0n) is 20.3. The highest BCUT2D eigenvalue weighted by Gasteiger charge is 2.40. The molecule has 4 aromatic rings. The van der Waals surface area contributed by atoms with Crippen LogP contribution in [0.5, 0.6) is 0 Å². The first-order valence-electron chi connectivity index (χ1n) is 11.8. The molecule has 0 aliphatic heterocycles. The van der Waals surface area contributed by atoms with Gasteiger partial charge in [0.2, 0.25) is 0 Å². The molecule has 0 saturated carbocycles. The van der Waals surface area contributed by atoms with Crippen molar-refractivity contribution in [3.05, 3.63) is 127 Å². The van der Waals surface area contributed by atoms with E-state index in [9.17, 15) is 14.7 Å². The molecule has 0 fully saturated rings. The molecular formula is C31H29O4P. The Morgan fingerprint density at radius 1 is 0.667 bits per heavy atom. The van der Waals surface area contributed by atoms with E-state index >= 15 is 0 Å². The second kappa shape index (κ2) is 11.3. The van der Waals surface area contributed by atoms with Gasteiger partial charge in [-0.05, 0) is 28.4 Å². The molecule has 0 aromatic heterocycles. The normalized spacial score (nSPS) is 12.9. The largest absolute Gasteiger partial charge is 0.465 e. The van der Waals surface area contributed by atoms with E-state index in [-0.39, 0.29) is 5.29 Å². The lowest BCUT2D eigenvalue weighted by Crippen LogP contribution is -2.41. The summed E-state index contributed by atoms with van der Waals surface area (Å²) in [5, 5.41) is 13.8. The van der Waals surface area contributed by atoms with Crippen molar-refractivity contribution in [1.82, 2.24) is 0 Å². The number of ketones is 1. The van der Waals surface area contributed by atoms with E-state index < -0.39 is 30.7 Å². The third kappa shape index (κ3) is 4.70. The molecule has 5 heteroatoms. The van der Waals surface area contributed by atoms with E-state index in [4.69, 9.17) is 4.74 Å². The Kier molecular flexibility index (Phi) is 8.00. The number of esters is 1. The van der Waals surface area contributed by atoms with Crippen LogP contribution in [-0.4, -0.2) is 29.3 Å². The summed E-state index contributed by atoms with van der Waals surface area (Å²) in [6, 6.07) is 38.0. The van der Waals surface area contributed by atoms with Crippen molar-refractivity contribution in [2.24, 2.45) is 5.92 Å². The predicted molar refractivity (Wildman–Crippen MR) is 148 cm³/mol. The van der Waals surface area contributed by atoms with Gasteiger partial charge in [-0.25, -0.2) is 4.79 Å². The maximum absolute atomic E-state index is 14.4. The minimum Gasteiger partial charge on any atom is -0.465 e. The fourth-order valence-corrected chi connectivity index (χ4v) is 9.01.